The highest BCUT2D eigenvalue weighted by Gasteiger charge is 2.17. The summed E-state index contributed by atoms with van der Waals surface area (Å²) in [4.78, 5) is 12.1. The van der Waals surface area contributed by atoms with Gasteiger partial charge in [0.05, 0.1) is 12.2 Å². The van der Waals surface area contributed by atoms with Gasteiger partial charge in [-0.15, -0.1) is 0 Å². The molecule has 0 aromatic heterocycles. The van der Waals surface area contributed by atoms with Gasteiger partial charge in [0, 0.05) is 11.5 Å². The molecule has 0 saturated heterocycles. The average Bonchev–Trinajstić information content (AvgIpc) is 2.37. The minimum Gasteiger partial charge on any atom is -0.325 e. The van der Waals surface area contributed by atoms with Crippen LogP contribution in [0.1, 0.15) is 31.9 Å². The van der Waals surface area contributed by atoms with Crippen LogP contribution < -0.4 is 11.1 Å². The van der Waals surface area contributed by atoms with Crippen molar-refractivity contribution in [3.05, 3.63) is 29.3 Å². The molecule has 3 N–H and O–H groups in total. The molecule has 0 fully saturated rings. The molecule has 102 valence electrons. The van der Waals surface area contributed by atoms with Crippen molar-refractivity contribution in [2.75, 3.05) is 11.9 Å². The molecule has 0 spiro atoms. The molecule has 0 aliphatic heterocycles. The van der Waals surface area contributed by atoms with E-state index in [0.29, 0.717) is 12.5 Å². The molecule has 0 heterocycles. The largest absolute Gasteiger partial charge is 0.325 e. The molecule has 19 heavy (non-hydrogen) atoms. The lowest BCUT2D eigenvalue weighted by molar-refractivity contribution is -0.120. The summed E-state index contributed by atoms with van der Waals surface area (Å²) < 4.78 is 0. The molecule has 3 heteroatoms. The molecule has 1 atom stereocenters. The van der Waals surface area contributed by atoms with Gasteiger partial charge in [-0.3, -0.25) is 4.79 Å². The molecule has 0 aliphatic carbocycles. The number of nitrogens with two attached hydrogens (primary N) is 1. The van der Waals surface area contributed by atoms with E-state index in [1.807, 2.05) is 45.9 Å². The summed E-state index contributed by atoms with van der Waals surface area (Å²) in [6.45, 7) is 8.31. The highest BCUT2D eigenvalue weighted by Crippen LogP contribution is 2.19. The van der Waals surface area contributed by atoms with Crippen molar-refractivity contribution < 1.29 is 4.79 Å². The number of carbonyl (C=O) groups excluding carboxylic acids is 1. The Kier molecular flexibility index (Phi) is 5.59. The van der Waals surface area contributed by atoms with Crippen LogP contribution in [0.2, 0.25) is 0 Å². The quantitative estimate of drug-likeness (QED) is 0.819. The van der Waals surface area contributed by atoms with Crippen molar-refractivity contribution in [3.63, 3.8) is 0 Å². The van der Waals surface area contributed by atoms with Gasteiger partial charge in [-0.2, -0.15) is 0 Å². The molecule has 1 rings (SSSR count). The molecular formula is C16H22N2O. The fraction of sp³-hybridized carbons (Fsp3) is 0.438. The Balaban J connectivity index is 2.97. The van der Waals surface area contributed by atoms with Crippen LogP contribution in [0.15, 0.2) is 18.2 Å². The predicted molar refractivity (Wildman–Crippen MR) is 79.7 cm³/mol. The van der Waals surface area contributed by atoms with Crippen LogP contribution in [0.3, 0.4) is 0 Å². The van der Waals surface area contributed by atoms with Crippen molar-refractivity contribution >= 4 is 11.6 Å². The van der Waals surface area contributed by atoms with E-state index >= 15 is 0 Å². The summed E-state index contributed by atoms with van der Waals surface area (Å²) in [6, 6.07) is 5.81. The van der Waals surface area contributed by atoms with E-state index < -0.39 is 0 Å². The molecule has 0 aliphatic rings. The first-order valence-corrected chi connectivity index (χ1v) is 6.56. The number of amides is 1. The standard InChI is InChI=1S/C16H22N2O/c1-11(2)13(4)16(19)18-15-8-7-12(3)10-14(15)6-5-9-17/h7-8,10-11,13H,9,17H2,1-4H3,(H,18,19). The fourth-order valence-corrected chi connectivity index (χ4v) is 1.57. The molecule has 1 aromatic carbocycles. The third-order valence-corrected chi connectivity index (χ3v) is 3.17. The zero-order valence-electron chi connectivity index (χ0n) is 12.1. The minimum atomic E-state index is -0.0309. The molecule has 1 amide bonds. The van der Waals surface area contributed by atoms with E-state index in [0.717, 1.165) is 16.8 Å². The number of nitrogens with one attached hydrogen (secondary N) is 1. The van der Waals surface area contributed by atoms with E-state index in [-0.39, 0.29) is 11.8 Å². The lowest BCUT2D eigenvalue weighted by Crippen LogP contribution is -2.24. The second-order valence-electron chi connectivity index (χ2n) is 5.08. The molecule has 0 radical (unpaired) electrons. The summed E-state index contributed by atoms with van der Waals surface area (Å²) in [5.41, 5.74) is 8.07. The molecule has 1 unspecified atom stereocenters. The number of hydrogen-bond acceptors (Lipinski definition) is 2. The normalized spacial score (nSPS) is 11.7. The third-order valence-electron chi connectivity index (χ3n) is 3.17. The SMILES string of the molecule is Cc1ccc(NC(=O)C(C)C(C)C)c(C#CCN)c1. The van der Waals surface area contributed by atoms with Crippen molar-refractivity contribution in [2.24, 2.45) is 17.6 Å². The highest BCUT2D eigenvalue weighted by molar-refractivity contribution is 5.93. The summed E-state index contributed by atoms with van der Waals surface area (Å²) >= 11 is 0. The van der Waals surface area contributed by atoms with Gasteiger partial charge in [0.1, 0.15) is 0 Å². The van der Waals surface area contributed by atoms with Gasteiger partial charge in [-0.25, -0.2) is 0 Å². The van der Waals surface area contributed by atoms with E-state index in [9.17, 15) is 4.79 Å². The Morgan fingerprint density at radius 3 is 2.63 bits per heavy atom. The number of carbonyl (C=O) groups is 1. The molecule has 0 saturated carbocycles. The van der Waals surface area contributed by atoms with Gasteiger partial charge >= 0.3 is 0 Å². The second kappa shape index (κ2) is 6.96. The lowest BCUT2D eigenvalue weighted by Gasteiger charge is -2.16. The van der Waals surface area contributed by atoms with E-state index in [2.05, 4.69) is 17.2 Å². The molecule has 3 nitrogen and oxygen atoms in total. The topological polar surface area (TPSA) is 55.1 Å². The first-order chi connectivity index (χ1) is 8.95. The Bertz CT molecular complexity index is 509. The smallest absolute Gasteiger partial charge is 0.227 e. The number of benzene rings is 1. The third kappa shape index (κ3) is 4.42. The Morgan fingerprint density at radius 1 is 1.37 bits per heavy atom. The Morgan fingerprint density at radius 2 is 2.05 bits per heavy atom. The van der Waals surface area contributed by atoms with Crippen LogP contribution in [-0.2, 0) is 4.79 Å². The maximum absolute atomic E-state index is 12.1. The van der Waals surface area contributed by atoms with Crippen LogP contribution in [0, 0.1) is 30.6 Å². The number of aryl methyl sites for hydroxylation is 1. The van der Waals surface area contributed by atoms with Gasteiger partial charge in [0.25, 0.3) is 0 Å². The average molecular weight is 258 g/mol. The number of rotatable bonds is 3. The van der Waals surface area contributed by atoms with E-state index in [1.165, 1.54) is 0 Å². The first kappa shape index (κ1) is 15.3. The maximum atomic E-state index is 12.1. The van der Waals surface area contributed by atoms with E-state index in [1.54, 1.807) is 0 Å². The van der Waals surface area contributed by atoms with Crippen LogP contribution in [0.5, 0.6) is 0 Å². The fourth-order valence-electron chi connectivity index (χ4n) is 1.57. The summed E-state index contributed by atoms with van der Waals surface area (Å²) in [5, 5.41) is 2.95. The minimum absolute atomic E-state index is 0.0228. The van der Waals surface area contributed by atoms with Gasteiger partial charge in [0.2, 0.25) is 5.91 Å². The van der Waals surface area contributed by atoms with Crippen LogP contribution in [-0.4, -0.2) is 12.5 Å². The summed E-state index contributed by atoms with van der Waals surface area (Å²) in [6.07, 6.45) is 0. The second-order valence-corrected chi connectivity index (χ2v) is 5.08. The zero-order valence-corrected chi connectivity index (χ0v) is 12.1. The van der Waals surface area contributed by atoms with Gasteiger partial charge < -0.3 is 11.1 Å². The van der Waals surface area contributed by atoms with Crippen molar-refractivity contribution in [2.45, 2.75) is 27.7 Å². The van der Waals surface area contributed by atoms with Crippen LogP contribution in [0.4, 0.5) is 5.69 Å². The summed E-state index contributed by atoms with van der Waals surface area (Å²) in [7, 11) is 0. The zero-order chi connectivity index (χ0) is 14.4. The lowest BCUT2D eigenvalue weighted by atomic mass is 9.97. The van der Waals surface area contributed by atoms with Gasteiger partial charge in [-0.1, -0.05) is 38.7 Å². The van der Waals surface area contributed by atoms with Crippen molar-refractivity contribution in [1.82, 2.24) is 0 Å². The van der Waals surface area contributed by atoms with Gasteiger partial charge in [-0.05, 0) is 30.5 Å². The number of hydrogen-bond donors (Lipinski definition) is 2. The maximum Gasteiger partial charge on any atom is 0.227 e. The number of anilines is 1. The predicted octanol–water partition coefficient (Wildman–Crippen LogP) is 2.54. The summed E-state index contributed by atoms with van der Waals surface area (Å²) in [5.74, 6) is 6.12. The Hall–Kier alpha value is -1.79. The van der Waals surface area contributed by atoms with Crippen LogP contribution in [0.25, 0.3) is 0 Å². The molecular weight excluding hydrogens is 236 g/mol. The highest BCUT2D eigenvalue weighted by atomic mass is 16.1. The molecule has 0 bridgehead atoms. The Labute approximate surface area is 115 Å². The monoisotopic (exact) mass is 258 g/mol. The van der Waals surface area contributed by atoms with Crippen LogP contribution >= 0.6 is 0 Å². The van der Waals surface area contributed by atoms with E-state index in [4.69, 9.17) is 5.73 Å². The van der Waals surface area contributed by atoms with Gasteiger partial charge in [0.15, 0.2) is 0 Å². The van der Waals surface area contributed by atoms with Crippen molar-refractivity contribution in [3.8, 4) is 11.8 Å². The first-order valence-electron chi connectivity index (χ1n) is 6.56. The molecule has 1 aromatic rings. The van der Waals surface area contributed by atoms with Crippen molar-refractivity contribution in [1.29, 1.82) is 0 Å².